The second kappa shape index (κ2) is 8.34. The molecule has 0 unspecified atom stereocenters. The molecule has 2 aromatic rings. The average Bonchev–Trinajstić information content (AvgIpc) is 2.93. The van der Waals surface area contributed by atoms with Crippen molar-refractivity contribution in [2.75, 3.05) is 18.4 Å². The largest absolute Gasteiger partial charge is 0.471 e. The zero-order chi connectivity index (χ0) is 21.3. The Bertz CT molecular complexity index is 943. The summed E-state index contributed by atoms with van der Waals surface area (Å²) in [5, 5.41) is 1.45. The summed E-state index contributed by atoms with van der Waals surface area (Å²) in [7, 11) is -3.77. The average molecular weight is 438 g/mol. The van der Waals surface area contributed by atoms with Crippen molar-refractivity contribution in [1.82, 2.24) is 9.29 Å². The molecular formula is C17H22F3N3O3S2. The molecule has 0 aliphatic rings. The monoisotopic (exact) mass is 437 g/mol. The molecule has 1 aromatic heterocycles. The Labute approximate surface area is 165 Å². The van der Waals surface area contributed by atoms with Crippen LogP contribution in [-0.2, 0) is 14.8 Å². The predicted molar refractivity (Wildman–Crippen MR) is 103 cm³/mol. The van der Waals surface area contributed by atoms with E-state index in [1.54, 1.807) is 5.32 Å². The van der Waals surface area contributed by atoms with Gasteiger partial charge in [0.05, 0.1) is 15.1 Å². The molecule has 0 saturated heterocycles. The molecule has 2 rings (SSSR count). The van der Waals surface area contributed by atoms with Gasteiger partial charge in [-0.2, -0.15) is 17.5 Å². The normalized spacial score (nSPS) is 13.1. The summed E-state index contributed by atoms with van der Waals surface area (Å²) in [5.41, 5.74) is 0.306. The molecule has 28 heavy (non-hydrogen) atoms. The second-order valence-corrected chi connectivity index (χ2v) is 10.2. The van der Waals surface area contributed by atoms with Crippen molar-refractivity contribution in [2.45, 2.75) is 38.8 Å². The predicted octanol–water partition coefficient (Wildman–Crippen LogP) is 4.10. The van der Waals surface area contributed by atoms with E-state index >= 15 is 0 Å². The Morgan fingerprint density at radius 3 is 2.25 bits per heavy atom. The third kappa shape index (κ3) is 5.42. The van der Waals surface area contributed by atoms with Gasteiger partial charge in [0.1, 0.15) is 0 Å². The summed E-state index contributed by atoms with van der Waals surface area (Å²) < 4.78 is 65.1. The van der Waals surface area contributed by atoms with Crippen LogP contribution in [0.2, 0.25) is 0 Å². The van der Waals surface area contributed by atoms with Crippen molar-refractivity contribution in [1.29, 1.82) is 0 Å². The fourth-order valence-corrected chi connectivity index (χ4v) is 5.29. The fourth-order valence-electron chi connectivity index (χ4n) is 2.52. The first-order chi connectivity index (χ1) is 12.8. The highest BCUT2D eigenvalue weighted by molar-refractivity contribution is 7.89. The molecule has 1 aromatic carbocycles. The number of anilines is 1. The van der Waals surface area contributed by atoms with Crippen LogP contribution in [0.3, 0.4) is 0 Å². The first-order valence-electron chi connectivity index (χ1n) is 8.59. The quantitative estimate of drug-likeness (QED) is 0.707. The Kier molecular flexibility index (Phi) is 6.72. The summed E-state index contributed by atoms with van der Waals surface area (Å²) in [6, 6.07) is 4.17. The summed E-state index contributed by atoms with van der Waals surface area (Å²) in [4.78, 5) is 15.0. The van der Waals surface area contributed by atoms with Crippen LogP contribution in [0, 0.1) is 11.8 Å². The lowest BCUT2D eigenvalue weighted by Crippen LogP contribution is -2.37. The zero-order valence-corrected chi connectivity index (χ0v) is 17.5. The van der Waals surface area contributed by atoms with Crippen LogP contribution in [0.25, 0.3) is 10.2 Å². The summed E-state index contributed by atoms with van der Waals surface area (Å²) in [6.45, 7) is 8.40. The minimum Gasteiger partial charge on any atom is -0.294 e. The van der Waals surface area contributed by atoms with Crippen LogP contribution < -0.4 is 5.32 Å². The van der Waals surface area contributed by atoms with E-state index in [9.17, 15) is 26.4 Å². The number of nitrogens with one attached hydrogen (secondary N) is 1. The van der Waals surface area contributed by atoms with Crippen LogP contribution in [0.1, 0.15) is 27.7 Å². The smallest absolute Gasteiger partial charge is 0.294 e. The van der Waals surface area contributed by atoms with E-state index in [-0.39, 0.29) is 21.9 Å². The lowest BCUT2D eigenvalue weighted by molar-refractivity contribution is -0.167. The van der Waals surface area contributed by atoms with Crippen molar-refractivity contribution in [2.24, 2.45) is 11.8 Å². The number of halogens is 3. The van der Waals surface area contributed by atoms with Crippen molar-refractivity contribution in [3.05, 3.63) is 18.2 Å². The number of benzene rings is 1. The number of hydrogen-bond donors (Lipinski definition) is 1. The molecule has 0 radical (unpaired) electrons. The van der Waals surface area contributed by atoms with Gasteiger partial charge in [0.15, 0.2) is 5.13 Å². The molecule has 0 atom stereocenters. The van der Waals surface area contributed by atoms with Crippen LogP contribution >= 0.6 is 11.3 Å². The van der Waals surface area contributed by atoms with E-state index in [1.807, 2.05) is 27.7 Å². The van der Waals surface area contributed by atoms with Gasteiger partial charge in [-0.1, -0.05) is 39.0 Å². The molecule has 1 amide bonds. The molecule has 0 fully saturated rings. The van der Waals surface area contributed by atoms with Gasteiger partial charge in [0.2, 0.25) is 10.0 Å². The van der Waals surface area contributed by atoms with Crippen LogP contribution in [0.5, 0.6) is 0 Å². The maximum atomic E-state index is 13.1. The van der Waals surface area contributed by atoms with Crippen molar-refractivity contribution in [3.8, 4) is 0 Å². The number of alkyl halides is 3. The van der Waals surface area contributed by atoms with Gasteiger partial charge in [-0.25, -0.2) is 13.4 Å². The number of hydrogen-bond acceptors (Lipinski definition) is 5. The van der Waals surface area contributed by atoms with Gasteiger partial charge in [0, 0.05) is 13.1 Å². The van der Waals surface area contributed by atoms with Crippen LogP contribution in [0.15, 0.2) is 23.1 Å². The summed E-state index contributed by atoms with van der Waals surface area (Å²) in [6.07, 6.45) is -5.03. The molecular weight excluding hydrogens is 415 g/mol. The van der Waals surface area contributed by atoms with E-state index in [0.29, 0.717) is 23.3 Å². The second-order valence-electron chi connectivity index (χ2n) is 7.21. The number of sulfonamides is 1. The molecule has 0 spiro atoms. The molecule has 156 valence electrons. The first kappa shape index (κ1) is 22.6. The number of rotatable bonds is 7. The van der Waals surface area contributed by atoms with Crippen molar-refractivity contribution in [3.63, 3.8) is 0 Å². The number of carbonyl (C=O) groups excluding carboxylic acids is 1. The number of amides is 1. The van der Waals surface area contributed by atoms with Gasteiger partial charge in [-0.3, -0.25) is 10.1 Å². The third-order valence-corrected chi connectivity index (χ3v) is 6.37. The topological polar surface area (TPSA) is 79.4 Å². The molecule has 6 nitrogen and oxygen atoms in total. The molecule has 0 bridgehead atoms. The van der Waals surface area contributed by atoms with E-state index < -0.39 is 22.1 Å². The number of aromatic nitrogens is 1. The number of nitrogens with zero attached hydrogens (tertiary/aromatic N) is 2. The highest BCUT2D eigenvalue weighted by Crippen LogP contribution is 2.30. The van der Waals surface area contributed by atoms with Crippen molar-refractivity contribution >= 4 is 42.6 Å². The zero-order valence-electron chi connectivity index (χ0n) is 15.9. The first-order valence-corrected chi connectivity index (χ1v) is 10.8. The number of carbonyl (C=O) groups is 1. The van der Waals surface area contributed by atoms with Gasteiger partial charge in [0.25, 0.3) is 0 Å². The van der Waals surface area contributed by atoms with E-state index in [4.69, 9.17) is 0 Å². The van der Waals surface area contributed by atoms with Crippen molar-refractivity contribution < 1.29 is 26.4 Å². The molecule has 0 aliphatic carbocycles. The van der Waals surface area contributed by atoms with Gasteiger partial charge < -0.3 is 0 Å². The Morgan fingerprint density at radius 1 is 1.18 bits per heavy atom. The SMILES string of the molecule is CC(C)CN(CC(C)C)S(=O)(=O)c1ccc2nc(NC(=O)C(F)(F)F)sc2c1. The third-order valence-electron chi connectivity index (χ3n) is 3.61. The van der Waals surface area contributed by atoms with E-state index in [2.05, 4.69) is 4.98 Å². The fraction of sp³-hybridized carbons (Fsp3) is 0.529. The summed E-state index contributed by atoms with van der Waals surface area (Å²) >= 11 is 0.785. The minimum absolute atomic E-state index is 0.0404. The highest BCUT2D eigenvalue weighted by Gasteiger charge is 2.39. The molecule has 0 aliphatic heterocycles. The maximum absolute atomic E-state index is 13.1. The standard InChI is InChI=1S/C17H22F3N3O3S2/c1-10(2)8-23(9-11(3)4)28(25,26)12-5-6-13-14(7-12)27-16(21-13)22-15(24)17(18,19)20/h5-7,10-11H,8-9H2,1-4H3,(H,21,22,24). The minimum atomic E-state index is -5.03. The van der Waals surface area contributed by atoms with Crippen LogP contribution in [-0.4, -0.2) is 42.9 Å². The Balaban J connectivity index is 2.37. The lowest BCUT2D eigenvalue weighted by atomic mass is 10.2. The van der Waals surface area contributed by atoms with Gasteiger partial charge >= 0.3 is 12.1 Å². The Morgan fingerprint density at radius 2 is 1.75 bits per heavy atom. The number of fused-ring (bicyclic) bond motifs is 1. The van der Waals surface area contributed by atoms with E-state index in [1.165, 1.54) is 22.5 Å². The lowest BCUT2D eigenvalue weighted by Gasteiger charge is -2.25. The molecule has 0 saturated carbocycles. The molecule has 1 heterocycles. The Hall–Kier alpha value is -1.72. The molecule has 11 heteroatoms. The van der Waals surface area contributed by atoms with E-state index in [0.717, 1.165) is 11.3 Å². The highest BCUT2D eigenvalue weighted by atomic mass is 32.2. The van der Waals surface area contributed by atoms with Crippen LogP contribution in [0.4, 0.5) is 18.3 Å². The molecule has 1 N–H and O–H groups in total. The van der Waals surface area contributed by atoms with Gasteiger partial charge in [-0.15, -0.1) is 0 Å². The maximum Gasteiger partial charge on any atom is 0.471 e. The summed E-state index contributed by atoms with van der Waals surface area (Å²) in [5.74, 6) is -1.87. The number of thiazole rings is 1. The van der Waals surface area contributed by atoms with Gasteiger partial charge in [-0.05, 0) is 30.0 Å².